The molecule has 0 amide bonds. The van der Waals surface area contributed by atoms with Crippen LogP contribution in [-0.4, -0.2) is 25.3 Å². The summed E-state index contributed by atoms with van der Waals surface area (Å²) in [6.07, 6.45) is 0. The number of aryl methyl sites for hydroxylation is 2. The van der Waals surface area contributed by atoms with Gasteiger partial charge in [-0.3, -0.25) is 0 Å². The minimum absolute atomic E-state index is 0.157. The number of nitrogens with one attached hydrogen (secondary N) is 1. The van der Waals surface area contributed by atoms with E-state index in [4.69, 9.17) is 19.5 Å². The number of fused-ring (bicyclic) bond motifs is 1. The summed E-state index contributed by atoms with van der Waals surface area (Å²) in [6, 6.07) is 17.0. The maximum Gasteiger partial charge on any atom is 0.512 e. The summed E-state index contributed by atoms with van der Waals surface area (Å²) in [5.41, 5.74) is 10.2. The van der Waals surface area contributed by atoms with Crippen LogP contribution in [0.25, 0.3) is 0 Å². The van der Waals surface area contributed by atoms with Crippen LogP contribution >= 0.6 is 7.75 Å². The van der Waals surface area contributed by atoms with Crippen LogP contribution < -0.4 is 24.6 Å². The van der Waals surface area contributed by atoms with Crippen molar-refractivity contribution in [2.45, 2.75) is 78.6 Å². The fourth-order valence-corrected chi connectivity index (χ4v) is 6.18. The monoisotopic (exact) mass is 582 g/mol. The Bertz CT molecular complexity index is 1430. The Balaban J connectivity index is 0.000000298. The topological polar surface area (TPSA) is 103 Å². The molecule has 0 aromatic heterocycles. The lowest BCUT2D eigenvalue weighted by molar-refractivity contribution is 0.367. The van der Waals surface area contributed by atoms with Gasteiger partial charge in [-0.25, -0.2) is 9.65 Å². The molecule has 0 radical (unpaired) electrons. The highest BCUT2D eigenvalue weighted by Gasteiger charge is 2.39. The van der Waals surface area contributed by atoms with Crippen molar-refractivity contribution in [3.63, 3.8) is 0 Å². The van der Waals surface area contributed by atoms with Crippen LogP contribution in [0.2, 0.25) is 0 Å². The molecule has 8 heteroatoms. The molecule has 1 aliphatic rings. The van der Waals surface area contributed by atoms with Crippen molar-refractivity contribution in [2.24, 2.45) is 5.73 Å². The number of benzene rings is 3. The number of rotatable bonds is 5. The van der Waals surface area contributed by atoms with Crippen molar-refractivity contribution in [2.75, 3.05) is 20.2 Å². The zero-order chi connectivity index (χ0) is 30.8. The van der Waals surface area contributed by atoms with E-state index in [1.165, 1.54) is 0 Å². The smallest absolute Gasteiger partial charge is 0.508 e. The molecule has 0 saturated carbocycles. The Morgan fingerprint density at radius 2 is 1.61 bits per heavy atom. The number of hydrogen-bond donors (Lipinski definition) is 3. The first-order valence-corrected chi connectivity index (χ1v) is 15.5. The fraction of sp³-hybridized carbons (Fsp3) is 0.455. The third kappa shape index (κ3) is 7.85. The first-order chi connectivity index (χ1) is 18.9. The molecule has 1 atom stereocenters. The van der Waals surface area contributed by atoms with Gasteiger partial charge in [-0.05, 0) is 49.6 Å². The van der Waals surface area contributed by atoms with Crippen molar-refractivity contribution in [3.05, 3.63) is 82.4 Å². The van der Waals surface area contributed by atoms with Crippen LogP contribution in [0.1, 0.15) is 76.3 Å². The summed E-state index contributed by atoms with van der Waals surface area (Å²) in [7, 11) is -1.99. The highest BCUT2D eigenvalue weighted by atomic mass is 31.2. The lowest BCUT2D eigenvalue weighted by atomic mass is 9.83. The number of nitrogens with two attached hydrogens (primary N) is 1. The summed E-state index contributed by atoms with van der Waals surface area (Å²) < 4.78 is 30.9. The van der Waals surface area contributed by atoms with E-state index in [9.17, 15) is 9.67 Å². The molecule has 7 nitrogen and oxygen atoms in total. The minimum Gasteiger partial charge on any atom is -0.508 e. The van der Waals surface area contributed by atoms with Gasteiger partial charge in [-0.1, -0.05) is 83.9 Å². The van der Waals surface area contributed by atoms with E-state index in [-0.39, 0.29) is 16.2 Å². The lowest BCUT2D eigenvalue weighted by Gasteiger charge is -2.26. The third-order valence-electron chi connectivity index (χ3n) is 7.40. The van der Waals surface area contributed by atoms with Crippen molar-refractivity contribution in [3.8, 4) is 23.0 Å². The van der Waals surface area contributed by atoms with Gasteiger partial charge in [0.1, 0.15) is 23.0 Å². The standard InChI is InChI=1S/C22H30NO4P.C11H17NO/c1-15-8-10-20-18(12-15)22(5,6)14-23-28(24,27-20)26-19-11-9-16(25-7)13-17(19)21(2,3)4;1-8-4-5-10(13)9(6-8)11(2,3)7-12/h8-13H,14H2,1-7H3,(H,23,24);4-6,13H,7,12H2,1-3H3. The first-order valence-electron chi connectivity index (χ1n) is 13.9. The van der Waals surface area contributed by atoms with E-state index in [2.05, 4.69) is 45.8 Å². The van der Waals surface area contributed by atoms with Gasteiger partial charge in [-0.15, -0.1) is 0 Å². The second-order valence-electron chi connectivity index (χ2n) is 13.1. The largest absolute Gasteiger partial charge is 0.512 e. The van der Waals surface area contributed by atoms with Crippen molar-refractivity contribution in [1.29, 1.82) is 0 Å². The number of aromatic hydroxyl groups is 1. The van der Waals surface area contributed by atoms with Gasteiger partial charge >= 0.3 is 7.75 Å². The zero-order valence-corrected chi connectivity index (χ0v) is 27.1. The van der Waals surface area contributed by atoms with E-state index in [1.807, 2.05) is 58.0 Å². The normalized spacial score (nSPS) is 18.2. The molecule has 0 spiro atoms. The Hall–Kier alpha value is -2.99. The van der Waals surface area contributed by atoms with Crippen molar-refractivity contribution in [1.82, 2.24) is 5.09 Å². The zero-order valence-electron chi connectivity index (χ0n) is 26.2. The van der Waals surface area contributed by atoms with E-state index in [0.29, 0.717) is 30.3 Å². The summed E-state index contributed by atoms with van der Waals surface area (Å²) >= 11 is 0. The highest BCUT2D eigenvalue weighted by Crippen LogP contribution is 2.52. The fourth-order valence-electron chi connectivity index (χ4n) is 4.59. The van der Waals surface area contributed by atoms with Gasteiger partial charge < -0.3 is 24.6 Å². The van der Waals surface area contributed by atoms with Gasteiger partial charge in [0.2, 0.25) is 0 Å². The molecular formula is C33H47N2O5P. The number of phenols is 1. The molecule has 3 aromatic rings. The van der Waals surface area contributed by atoms with Gasteiger partial charge in [0.25, 0.3) is 0 Å². The SMILES string of the molecule is COc1ccc(OP2(=O)NCC(C)(C)c3cc(C)ccc3O2)c(C(C)(C)C)c1.Cc1ccc(O)c(C(C)(C)CN)c1. The predicted molar refractivity (Wildman–Crippen MR) is 168 cm³/mol. The van der Waals surface area contributed by atoms with Crippen LogP contribution in [-0.2, 0) is 20.8 Å². The van der Waals surface area contributed by atoms with Crippen LogP contribution in [0.4, 0.5) is 0 Å². The van der Waals surface area contributed by atoms with Crippen LogP contribution in [0.5, 0.6) is 23.0 Å². The number of methoxy groups -OCH3 is 1. The van der Waals surface area contributed by atoms with Gasteiger partial charge in [0.05, 0.1) is 7.11 Å². The molecule has 0 saturated heterocycles. The average Bonchev–Trinajstić information content (AvgIpc) is 2.99. The maximum atomic E-state index is 13.6. The van der Waals surface area contributed by atoms with Gasteiger partial charge in [0.15, 0.2) is 0 Å². The Labute approximate surface area is 246 Å². The molecule has 0 aliphatic carbocycles. The number of ether oxygens (including phenoxy) is 1. The molecule has 0 bridgehead atoms. The second kappa shape index (κ2) is 12.1. The average molecular weight is 583 g/mol. The molecule has 1 heterocycles. The molecule has 224 valence electrons. The minimum atomic E-state index is -3.62. The Kier molecular flexibility index (Phi) is 9.59. The Morgan fingerprint density at radius 3 is 2.22 bits per heavy atom. The maximum absolute atomic E-state index is 13.6. The summed E-state index contributed by atoms with van der Waals surface area (Å²) in [6.45, 7) is 19.5. The predicted octanol–water partition coefficient (Wildman–Crippen LogP) is 7.68. The second-order valence-corrected chi connectivity index (χ2v) is 14.8. The van der Waals surface area contributed by atoms with E-state index in [0.717, 1.165) is 33.6 Å². The van der Waals surface area contributed by atoms with Gasteiger partial charge in [-0.2, -0.15) is 0 Å². The van der Waals surface area contributed by atoms with Crippen LogP contribution in [0, 0.1) is 13.8 Å². The summed E-state index contributed by atoms with van der Waals surface area (Å²) in [5, 5.41) is 12.7. The highest BCUT2D eigenvalue weighted by molar-refractivity contribution is 7.52. The molecule has 4 rings (SSSR count). The third-order valence-corrected chi connectivity index (χ3v) is 8.82. The molecule has 1 unspecified atom stereocenters. The lowest BCUT2D eigenvalue weighted by Crippen LogP contribution is -2.30. The molecule has 3 aromatic carbocycles. The summed E-state index contributed by atoms with van der Waals surface area (Å²) in [5.74, 6) is 2.18. The molecular weight excluding hydrogens is 535 g/mol. The number of phenolic OH excluding ortho intramolecular Hbond substituents is 1. The number of hydrogen-bond acceptors (Lipinski definition) is 6. The van der Waals surface area contributed by atoms with Gasteiger partial charge in [0, 0.05) is 40.6 Å². The van der Waals surface area contributed by atoms with E-state index < -0.39 is 7.75 Å². The van der Waals surface area contributed by atoms with Crippen LogP contribution in [0.15, 0.2) is 54.6 Å². The molecule has 0 fully saturated rings. The summed E-state index contributed by atoms with van der Waals surface area (Å²) in [4.78, 5) is 0. The van der Waals surface area contributed by atoms with E-state index >= 15 is 0 Å². The molecule has 4 N–H and O–H groups in total. The first kappa shape index (κ1) is 32.5. The van der Waals surface area contributed by atoms with Crippen LogP contribution in [0.3, 0.4) is 0 Å². The van der Waals surface area contributed by atoms with Crippen molar-refractivity contribution < 1.29 is 23.5 Å². The molecule has 41 heavy (non-hydrogen) atoms. The van der Waals surface area contributed by atoms with Crippen molar-refractivity contribution >= 4 is 7.75 Å². The Morgan fingerprint density at radius 1 is 0.976 bits per heavy atom. The molecule has 1 aliphatic heterocycles. The quantitative estimate of drug-likeness (QED) is 0.265. The van der Waals surface area contributed by atoms with E-state index in [1.54, 1.807) is 25.3 Å².